The molecule has 0 aliphatic carbocycles. The van der Waals surface area contributed by atoms with Gasteiger partial charge in [0.1, 0.15) is 0 Å². The molecule has 128 valence electrons. The van der Waals surface area contributed by atoms with Gasteiger partial charge in [-0.15, -0.1) is 0 Å². The Morgan fingerprint density at radius 1 is 1.00 bits per heavy atom. The van der Waals surface area contributed by atoms with Crippen molar-refractivity contribution in [1.82, 2.24) is 4.31 Å². The van der Waals surface area contributed by atoms with Crippen molar-refractivity contribution in [1.29, 1.82) is 0 Å². The highest BCUT2D eigenvalue weighted by Crippen LogP contribution is 2.22. The number of rotatable bonds is 4. The minimum Gasteiger partial charge on any atom is -0.322 e. The molecule has 0 aromatic heterocycles. The Balaban J connectivity index is 2.41. The molecule has 0 heterocycles. The van der Waals surface area contributed by atoms with E-state index >= 15 is 0 Å². The van der Waals surface area contributed by atoms with Crippen LogP contribution in [0.1, 0.15) is 27.0 Å². The van der Waals surface area contributed by atoms with Gasteiger partial charge in [0.2, 0.25) is 10.0 Å². The highest BCUT2D eigenvalue weighted by Gasteiger charge is 2.20. The Bertz CT molecular complexity index is 887. The van der Waals surface area contributed by atoms with Gasteiger partial charge in [0.25, 0.3) is 5.91 Å². The molecule has 1 N–H and O–H groups in total. The molecule has 0 aliphatic rings. The lowest BCUT2D eigenvalue weighted by Gasteiger charge is -2.15. The largest absolute Gasteiger partial charge is 0.322 e. The lowest BCUT2D eigenvalue weighted by molar-refractivity contribution is 0.102. The van der Waals surface area contributed by atoms with Crippen LogP contribution in [0.2, 0.25) is 0 Å². The smallest absolute Gasteiger partial charge is 0.255 e. The topological polar surface area (TPSA) is 66.5 Å². The highest BCUT2D eigenvalue weighted by molar-refractivity contribution is 7.89. The Morgan fingerprint density at radius 3 is 2.29 bits per heavy atom. The fourth-order valence-electron chi connectivity index (χ4n) is 2.29. The summed E-state index contributed by atoms with van der Waals surface area (Å²) in [4.78, 5) is 12.7. The molecular formula is C18H22N2O3S. The molecule has 0 fully saturated rings. The second-order valence-electron chi connectivity index (χ2n) is 5.97. The zero-order valence-electron chi connectivity index (χ0n) is 14.5. The third-order valence-electron chi connectivity index (χ3n) is 4.09. The maximum atomic E-state index is 12.6. The van der Waals surface area contributed by atoms with E-state index < -0.39 is 10.0 Å². The van der Waals surface area contributed by atoms with E-state index in [0.717, 1.165) is 26.7 Å². The predicted molar refractivity (Wildman–Crippen MR) is 95.9 cm³/mol. The first kappa shape index (κ1) is 18.2. The van der Waals surface area contributed by atoms with Gasteiger partial charge in [-0.3, -0.25) is 4.79 Å². The Hall–Kier alpha value is -2.18. The molecule has 0 saturated carbocycles. The number of hydrogen-bond acceptors (Lipinski definition) is 3. The molecule has 0 unspecified atom stereocenters. The van der Waals surface area contributed by atoms with Gasteiger partial charge in [-0.1, -0.05) is 18.2 Å². The van der Waals surface area contributed by atoms with Gasteiger partial charge < -0.3 is 5.32 Å². The number of nitrogens with one attached hydrogen (secondary N) is 1. The van der Waals surface area contributed by atoms with E-state index in [1.165, 1.54) is 26.2 Å². The van der Waals surface area contributed by atoms with Crippen molar-refractivity contribution < 1.29 is 13.2 Å². The number of carbonyl (C=O) groups is 1. The molecule has 6 heteroatoms. The molecule has 24 heavy (non-hydrogen) atoms. The summed E-state index contributed by atoms with van der Waals surface area (Å²) in [6, 6.07) is 10.3. The average Bonchev–Trinajstić information content (AvgIpc) is 2.51. The van der Waals surface area contributed by atoms with E-state index in [2.05, 4.69) is 5.32 Å². The maximum Gasteiger partial charge on any atom is 0.255 e. The molecule has 1 amide bonds. The van der Waals surface area contributed by atoms with Crippen LogP contribution in [0.3, 0.4) is 0 Å². The van der Waals surface area contributed by atoms with Gasteiger partial charge in [0, 0.05) is 25.3 Å². The van der Waals surface area contributed by atoms with Crippen LogP contribution in [0.25, 0.3) is 0 Å². The zero-order chi connectivity index (χ0) is 18.1. The predicted octanol–water partition coefficient (Wildman–Crippen LogP) is 3.11. The monoisotopic (exact) mass is 346 g/mol. The number of sulfonamides is 1. The van der Waals surface area contributed by atoms with Crippen LogP contribution in [0.5, 0.6) is 0 Å². The second-order valence-corrected chi connectivity index (χ2v) is 8.12. The first-order valence-electron chi connectivity index (χ1n) is 7.55. The molecule has 0 spiro atoms. The van der Waals surface area contributed by atoms with Crippen LogP contribution in [0.4, 0.5) is 5.69 Å². The van der Waals surface area contributed by atoms with Gasteiger partial charge in [-0.2, -0.15) is 0 Å². The van der Waals surface area contributed by atoms with E-state index in [4.69, 9.17) is 0 Å². The Labute approximate surface area is 143 Å². The van der Waals surface area contributed by atoms with Crippen LogP contribution in [-0.4, -0.2) is 32.7 Å². The zero-order valence-corrected chi connectivity index (χ0v) is 15.4. The van der Waals surface area contributed by atoms with E-state index in [1.54, 1.807) is 13.0 Å². The number of hydrogen-bond donors (Lipinski definition) is 1. The molecule has 2 aromatic rings. The number of anilines is 1. The van der Waals surface area contributed by atoms with E-state index in [0.29, 0.717) is 5.56 Å². The standard InChI is InChI=1S/C18H22N2O3S/c1-12-7-6-8-17(14(12)3)19-18(21)16-11-15(10-9-13(16)2)24(22,23)20(4)5/h6-11H,1-5H3,(H,19,21). The molecule has 0 atom stereocenters. The van der Waals surface area contributed by atoms with Crippen molar-refractivity contribution >= 4 is 21.6 Å². The third kappa shape index (κ3) is 3.49. The van der Waals surface area contributed by atoms with Crippen molar-refractivity contribution in [3.8, 4) is 0 Å². The molecule has 0 radical (unpaired) electrons. The fraction of sp³-hybridized carbons (Fsp3) is 0.278. The van der Waals surface area contributed by atoms with Crippen LogP contribution in [0, 0.1) is 20.8 Å². The van der Waals surface area contributed by atoms with Crippen LogP contribution in [0.15, 0.2) is 41.3 Å². The molecule has 0 aliphatic heterocycles. The number of aryl methyl sites for hydroxylation is 2. The second kappa shape index (κ2) is 6.75. The fourth-order valence-corrected chi connectivity index (χ4v) is 3.22. The Kier molecular flexibility index (Phi) is 5.11. The first-order valence-corrected chi connectivity index (χ1v) is 8.99. The Morgan fingerprint density at radius 2 is 1.67 bits per heavy atom. The van der Waals surface area contributed by atoms with E-state index in [1.807, 2.05) is 32.0 Å². The van der Waals surface area contributed by atoms with Gasteiger partial charge in [-0.25, -0.2) is 12.7 Å². The van der Waals surface area contributed by atoms with Gasteiger partial charge in [0.15, 0.2) is 0 Å². The average molecular weight is 346 g/mol. The number of benzene rings is 2. The lowest BCUT2D eigenvalue weighted by Crippen LogP contribution is -2.23. The summed E-state index contributed by atoms with van der Waals surface area (Å²) in [7, 11) is -0.657. The van der Waals surface area contributed by atoms with Crippen LogP contribution < -0.4 is 5.32 Å². The summed E-state index contributed by atoms with van der Waals surface area (Å²) in [5.41, 5.74) is 3.85. The molecule has 0 saturated heterocycles. The van der Waals surface area contributed by atoms with E-state index in [-0.39, 0.29) is 10.8 Å². The van der Waals surface area contributed by atoms with Gasteiger partial charge in [-0.05, 0) is 55.7 Å². The molecule has 2 aromatic carbocycles. The van der Waals surface area contributed by atoms with E-state index in [9.17, 15) is 13.2 Å². The normalized spacial score (nSPS) is 11.6. The minimum absolute atomic E-state index is 0.101. The summed E-state index contributed by atoms with van der Waals surface area (Å²) in [6.07, 6.45) is 0. The summed E-state index contributed by atoms with van der Waals surface area (Å²) in [5.74, 6) is -0.322. The maximum absolute atomic E-state index is 12.6. The molecule has 2 rings (SSSR count). The number of carbonyl (C=O) groups excluding carboxylic acids is 1. The van der Waals surface area contributed by atoms with Crippen molar-refractivity contribution in [2.45, 2.75) is 25.7 Å². The molecule has 0 bridgehead atoms. The van der Waals surface area contributed by atoms with Crippen molar-refractivity contribution in [3.63, 3.8) is 0 Å². The SMILES string of the molecule is Cc1ccc(S(=O)(=O)N(C)C)cc1C(=O)Nc1cccc(C)c1C. The summed E-state index contributed by atoms with van der Waals surface area (Å²) < 4.78 is 25.7. The lowest BCUT2D eigenvalue weighted by atomic mass is 10.1. The first-order chi connectivity index (χ1) is 11.1. The van der Waals surface area contributed by atoms with Crippen LogP contribution >= 0.6 is 0 Å². The highest BCUT2D eigenvalue weighted by atomic mass is 32.2. The third-order valence-corrected chi connectivity index (χ3v) is 5.90. The quantitative estimate of drug-likeness (QED) is 0.925. The minimum atomic E-state index is -3.58. The van der Waals surface area contributed by atoms with Gasteiger partial charge >= 0.3 is 0 Å². The number of nitrogens with zero attached hydrogens (tertiary/aromatic N) is 1. The molecule has 5 nitrogen and oxygen atoms in total. The number of amides is 1. The van der Waals surface area contributed by atoms with Crippen molar-refractivity contribution in [3.05, 3.63) is 58.7 Å². The summed E-state index contributed by atoms with van der Waals surface area (Å²) in [5, 5.41) is 2.87. The van der Waals surface area contributed by atoms with Gasteiger partial charge in [0.05, 0.1) is 4.90 Å². The summed E-state index contributed by atoms with van der Waals surface area (Å²) >= 11 is 0. The molecular weight excluding hydrogens is 324 g/mol. The van der Waals surface area contributed by atoms with Crippen LogP contribution in [-0.2, 0) is 10.0 Å². The summed E-state index contributed by atoms with van der Waals surface area (Å²) in [6.45, 7) is 5.69. The van der Waals surface area contributed by atoms with Crippen molar-refractivity contribution in [2.24, 2.45) is 0 Å². The van der Waals surface area contributed by atoms with Crippen molar-refractivity contribution in [2.75, 3.05) is 19.4 Å².